The minimum absolute atomic E-state index is 0.00700. The normalized spacial score (nSPS) is 21.6. The van der Waals surface area contributed by atoms with Gasteiger partial charge in [0.15, 0.2) is 0 Å². The van der Waals surface area contributed by atoms with Crippen molar-refractivity contribution in [1.29, 1.82) is 0 Å². The molecule has 0 saturated carbocycles. The van der Waals surface area contributed by atoms with E-state index in [1.54, 1.807) is 7.11 Å². The van der Waals surface area contributed by atoms with Crippen LogP contribution in [-0.2, 0) is 11.2 Å². The van der Waals surface area contributed by atoms with Gasteiger partial charge in [-0.2, -0.15) is 0 Å². The third kappa shape index (κ3) is 1.55. The summed E-state index contributed by atoms with van der Waals surface area (Å²) in [5, 5.41) is 0. The van der Waals surface area contributed by atoms with Gasteiger partial charge in [-0.25, -0.2) is 0 Å². The summed E-state index contributed by atoms with van der Waals surface area (Å²) in [7, 11) is 1.70. The number of benzene rings is 1. The summed E-state index contributed by atoms with van der Waals surface area (Å²) in [6.45, 7) is 1.62. The van der Waals surface area contributed by atoms with E-state index in [9.17, 15) is 0 Å². The Labute approximate surface area is 95.3 Å². The number of methoxy groups -OCH3 is 1. The summed E-state index contributed by atoms with van der Waals surface area (Å²) in [4.78, 5) is 0. The van der Waals surface area contributed by atoms with Gasteiger partial charge in [0.1, 0.15) is 17.1 Å². The lowest BCUT2D eigenvalue weighted by Gasteiger charge is -2.32. The highest BCUT2D eigenvalue weighted by Gasteiger charge is 2.40. The van der Waals surface area contributed by atoms with Crippen molar-refractivity contribution in [3.63, 3.8) is 0 Å². The lowest BCUT2D eigenvalue weighted by atomic mass is 9.89. The predicted molar refractivity (Wildman–Crippen MR) is 60.1 cm³/mol. The molecule has 86 valence electrons. The van der Waals surface area contributed by atoms with Crippen LogP contribution in [0.25, 0.3) is 0 Å². The van der Waals surface area contributed by atoms with Crippen molar-refractivity contribution in [2.24, 2.45) is 0 Å². The molecule has 0 amide bonds. The molecule has 3 rings (SSSR count). The fourth-order valence-electron chi connectivity index (χ4n) is 2.56. The monoisotopic (exact) mass is 220 g/mol. The van der Waals surface area contributed by atoms with Crippen LogP contribution < -0.4 is 9.47 Å². The van der Waals surface area contributed by atoms with Crippen LogP contribution in [0.1, 0.15) is 18.4 Å². The zero-order valence-electron chi connectivity index (χ0n) is 9.49. The van der Waals surface area contributed by atoms with Crippen LogP contribution in [0.4, 0.5) is 0 Å². The highest BCUT2D eigenvalue weighted by Crippen LogP contribution is 2.41. The van der Waals surface area contributed by atoms with Crippen molar-refractivity contribution >= 4 is 0 Å². The molecule has 3 nitrogen and oxygen atoms in total. The van der Waals surface area contributed by atoms with E-state index >= 15 is 0 Å². The van der Waals surface area contributed by atoms with Crippen LogP contribution in [0.5, 0.6) is 11.5 Å². The Kier molecular flexibility index (Phi) is 2.28. The Bertz CT molecular complexity index is 394. The molecular weight excluding hydrogens is 204 g/mol. The fraction of sp³-hybridized carbons (Fsp3) is 0.538. The molecule has 0 radical (unpaired) electrons. The van der Waals surface area contributed by atoms with Gasteiger partial charge in [0.25, 0.3) is 0 Å². The molecule has 0 N–H and O–H groups in total. The van der Waals surface area contributed by atoms with Gasteiger partial charge in [-0.15, -0.1) is 0 Å². The zero-order valence-corrected chi connectivity index (χ0v) is 9.49. The molecule has 1 spiro atoms. The number of hydrogen-bond donors (Lipinski definition) is 0. The number of hydrogen-bond acceptors (Lipinski definition) is 3. The Morgan fingerprint density at radius 3 is 2.81 bits per heavy atom. The highest BCUT2D eigenvalue weighted by molar-refractivity contribution is 5.44. The molecule has 1 saturated heterocycles. The Morgan fingerprint density at radius 1 is 1.25 bits per heavy atom. The third-order valence-corrected chi connectivity index (χ3v) is 3.51. The van der Waals surface area contributed by atoms with E-state index in [0.29, 0.717) is 0 Å². The summed E-state index contributed by atoms with van der Waals surface area (Å²) in [6.07, 6.45) is 2.97. The molecule has 0 atom stereocenters. The molecule has 2 aliphatic heterocycles. The van der Waals surface area contributed by atoms with Crippen molar-refractivity contribution in [2.45, 2.75) is 24.9 Å². The van der Waals surface area contributed by atoms with Crippen LogP contribution >= 0.6 is 0 Å². The molecule has 1 fully saturated rings. The molecule has 1 aromatic carbocycles. The summed E-state index contributed by atoms with van der Waals surface area (Å²) in [6, 6.07) is 6.05. The first-order valence-corrected chi connectivity index (χ1v) is 5.75. The van der Waals surface area contributed by atoms with Gasteiger partial charge >= 0.3 is 0 Å². The SMILES string of the molecule is COc1ccc2c(c1)CC1(CCOCC1)O2. The van der Waals surface area contributed by atoms with Crippen molar-refractivity contribution in [1.82, 2.24) is 0 Å². The Balaban J connectivity index is 1.87. The quantitative estimate of drug-likeness (QED) is 0.726. The van der Waals surface area contributed by atoms with Crippen molar-refractivity contribution in [3.8, 4) is 11.5 Å². The van der Waals surface area contributed by atoms with Crippen LogP contribution in [0, 0.1) is 0 Å². The summed E-state index contributed by atoms with van der Waals surface area (Å²) in [5.74, 6) is 1.93. The lowest BCUT2D eigenvalue weighted by molar-refractivity contribution is -0.0330. The van der Waals surface area contributed by atoms with E-state index in [0.717, 1.165) is 44.0 Å². The standard InChI is InChI=1S/C13H16O3/c1-14-11-2-3-12-10(8-11)9-13(16-12)4-6-15-7-5-13/h2-3,8H,4-7,9H2,1H3. The number of ether oxygens (including phenoxy) is 3. The lowest BCUT2D eigenvalue weighted by Crippen LogP contribution is -2.40. The van der Waals surface area contributed by atoms with Gasteiger partial charge < -0.3 is 14.2 Å². The van der Waals surface area contributed by atoms with Crippen molar-refractivity contribution in [2.75, 3.05) is 20.3 Å². The second-order valence-electron chi connectivity index (χ2n) is 4.55. The summed E-state index contributed by atoms with van der Waals surface area (Å²) >= 11 is 0. The molecule has 2 aliphatic rings. The van der Waals surface area contributed by atoms with Crippen LogP contribution in [-0.4, -0.2) is 25.9 Å². The third-order valence-electron chi connectivity index (χ3n) is 3.51. The van der Waals surface area contributed by atoms with Gasteiger partial charge in [-0.1, -0.05) is 0 Å². The molecule has 16 heavy (non-hydrogen) atoms. The Morgan fingerprint density at radius 2 is 2.06 bits per heavy atom. The smallest absolute Gasteiger partial charge is 0.123 e. The minimum atomic E-state index is -0.00700. The maximum absolute atomic E-state index is 6.10. The molecule has 0 aliphatic carbocycles. The average molecular weight is 220 g/mol. The first-order chi connectivity index (χ1) is 7.81. The van der Waals surface area contributed by atoms with Crippen molar-refractivity contribution < 1.29 is 14.2 Å². The van der Waals surface area contributed by atoms with E-state index in [1.807, 2.05) is 12.1 Å². The highest BCUT2D eigenvalue weighted by atomic mass is 16.5. The first-order valence-electron chi connectivity index (χ1n) is 5.75. The first kappa shape index (κ1) is 9.97. The molecular formula is C13H16O3. The molecule has 2 heterocycles. The number of rotatable bonds is 1. The van der Waals surface area contributed by atoms with Gasteiger partial charge in [0.2, 0.25) is 0 Å². The predicted octanol–water partition coefficient (Wildman–Crippen LogP) is 2.18. The molecule has 0 unspecified atom stereocenters. The molecule has 1 aromatic rings. The van der Waals surface area contributed by atoms with Gasteiger partial charge in [-0.3, -0.25) is 0 Å². The maximum atomic E-state index is 6.10. The van der Waals surface area contributed by atoms with Gasteiger partial charge in [-0.05, 0) is 18.2 Å². The molecule has 0 aromatic heterocycles. The number of fused-ring (bicyclic) bond motifs is 1. The topological polar surface area (TPSA) is 27.7 Å². The molecule has 3 heteroatoms. The second-order valence-corrected chi connectivity index (χ2v) is 4.55. The zero-order chi connectivity index (χ0) is 11.0. The van der Waals surface area contributed by atoms with Gasteiger partial charge in [0.05, 0.1) is 20.3 Å². The second kappa shape index (κ2) is 3.67. The van der Waals surface area contributed by atoms with E-state index in [4.69, 9.17) is 14.2 Å². The fourth-order valence-corrected chi connectivity index (χ4v) is 2.56. The van der Waals surface area contributed by atoms with Crippen molar-refractivity contribution in [3.05, 3.63) is 23.8 Å². The van der Waals surface area contributed by atoms with E-state index in [-0.39, 0.29) is 5.60 Å². The van der Waals surface area contributed by atoms with Gasteiger partial charge in [0, 0.05) is 24.8 Å². The van der Waals surface area contributed by atoms with E-state index < -0.39 is 0 Å². The summed E-state index contributed by atoms with van der Waals surface area (Å²) in [5.41, 5.74) is 1.26. The average Bonchev–Trinajstić information content (AvgIpc) is 2.66. The molecule has 0 bridgehead atoms. The van der Waals surface area contributed by atoms with E-state index in [2.05, 4.69) is 6.07 Å². The van der Waals surface area contributed by atoms with E-state index in [1.165, 1.54) is 5.56 Å². The Hall–Kier alpha value is -1.22. The summed E-state index contributed by atoms with van der Waals surface area (Å²) < 4.78 is 16.7. The minimum Gasteiger partial charge on any atom is -0.497 e. The van der Waals surface area contributed by atoms with Crippen LogP contribution in [0.15, 0.2) is 18.2 Å². The largest absolute Gasteiger partial charge is 0.497 e. The van der Waals surface area contributed by atoms with Crippen LogP contribution in [0.3, 0.4) is 0 Å². The van der Waals surface area contributed by atoms with Crippen LogP contribution in [0.2, 0.25) is 0 Å². The maximum Gasteiger partial charge on any atom is 0.123 e.